The molecule has 0 saturated carbocycles. The van der Waals surface area contributed by atoms with Crippen molar-refractivity contribution in [1.82, 2.24) is 15.1 Å². The highest BCUT2D eigenvalue weighted by atomic mass is 16.5. The molecule has 5 heteroatoms. The van der Waals surface area contributed by atoms with E-state index in [-0.39, 0.29) is 18.0 Å². The molecule has 0 spiro atoms. The van der Waals surface area contributed by atoms with Gasteiger partial charge in [-0.2, -0.15) is 0 Å². The lowest BCUT2D eigenvalue weighted by molar-refractivity contribution is -0.126. The van der Waals surface area contributed by atoms with Crippen molar-refractivity contribution >= 4 is 5.91 Å². The second-order valence-electron chi connectivity index (χ2n) is 7.26. The fourth-order valence-electron chi connectivity index (χ4n) is 3.86. The van der Waals surface area contributed by atoms with Crippen molar-refractivity contribution in [3.05, 3.63) is 71.8 Å². The Labute approximate surface area is 168 Å². The van der Waals surface area contributed by atoms with Gasteiger partial charge in [0.15, 0.2) is 0 Å². The number of rotatable bonds is 8. The van der Waals surface area contributed by atoms with Crippen LogP contribution in [0.3, 0.4) is 0 Å². The fraction of sp³-hybridized carbons (Fsp3) is 0.435. The molecule has 2 aromatic carbocycles. The molecule has 0 radical (unpaired) electrons. The van der Waals surface area contributed by atoms with Crippen LogP contribution in [0, 0.1) is 0 Å². The van der Waals surface area contributed by atoms with Gasteiger partial charge in [0.2, 0.25) is 5.91 Å². The maximum absolute atomic E-state index is 12.4. The molecule has 2 aromatic rings. The molecule has 5 nitrogen and oxygen atoms in total. The molecule has 28 heavy (non-hydrogen) atoms. The van der Waals surface area contributed by atoms with Gasteiger partial charge in [-0.25, -0.2) is 0 Å². The van der Waals surface area contributed by atoms with E-state index in [0.717, 1.165) is 26.2 Å². The summed E-state index contributed by atoms with van der Waals surface area (Å²) in [5.41, 5.74) is 2.63. The summed E-state index contributed by atoms with van der Waals surface area (Å²) in [5, 5.41) is 2.95. The summed E-state index contributed by atoms with van der Waals surface area (Å²) in [5.74, 6) is 0.0770. The largest absolute Gasteiger partial charge is 0.383 e. The van der Waals surface area contributed by atoms with Gasteiger partial charge in [0.1, 0.15) is 0 Å². The van der Waals surface area contributed by atoms with Crippen LogP contribution in [0.4, 0.5) is 0 Å². The second-order valence-corrected chi connectivity index (χ2v) is 7.26. The lowest BCUT2D eigenvalue weighted by Crippen LogP contribution is -2.54. The van der Waals surface area contributed by atoms with Crippen LogP contribution in [0.2, 0.25) is 0 Å². The Morgan fingerprint density at radius 2 is 1.43 bits per heavy atom. The van der Waals surface area contributed by atoms with Gasteiger partial charge in [-0.3, -0.25) is 14.6 Å². The van der Waals surface area contributed by atoms with Gasteiger partial charge < -0.3 is 10.1 Å². The molecular weight excluding hydrogens is 350 g/mol. The van der Waals surface area contributed by atoms with E-state index in [1.807, 2.05) is 6.92 Å². The van der Waals surface area contributed by atoms with E-state index in [1.54, 1.807) is 7.11 Å². The zero-order chi connectivity index (χ0) is 19.8. The summed E-state index contributed by atoms with van der Waals surface area (Å²) in [7, 11) is 1.64. The number of carbonyl (C=O) groups is 1. The molecule has 150 valence electrons. The van der Waals surface area contributed by atoms with Crippen molar-refractivity contribution in [2.24, 2.45) is 0 Å². The van der Waals surface area contributed by atoms with Crippen LogP contribution in [0.15, 0.2) is 60.7 Å². The van der Waals surface area contributed by atoms with Crippen LogP contribution < -0.4 is 5.32 Å². The number of nitrogens with zero attached hydrogens (tertiary/aromatic N) is 2. The fourth-order valence-corrected chi connectivity index (χ4v) is 3.86. The van der Waals surface area contributed by atoms with Crippen LogP contribution in [-0.2, 0) is 9.53 Å². The summed E-state index contributed by atoms with van der Waals surface area (Å²) < 4.78 is 5.01. The summed E-state index contributed by atoms with van der Waals surface area (Å²) >= 11 is 0. The van der Waals surface area contributed by atoms with Crippen molar-refractivity contribution in [2.45, 2.75) is 19.0 Å². The molecule has 1 aliphatic rings. The zero-order valence-corrected chi connectivity index (χ0v) is 16.9. The van der Waals surface area contributed by atoms with Crippen LogP contribution in [-0.4, -0.2) is 68.2 Å². The second kappa shape index (κ2) is 10.4. The predicted octanol–water partition coefficient (Wildman–Crippen LogP) is 2.54. The molecule has 1 N–H and O–H groups in total. The van der Waals surface area contributed by atoms with E-state index in [4.69, 9.17) is 4.74 Å². The quantitative estimate of drug-likeness (QED) is 0.714. The number of methoxy groups -OCH3 is 1. The van der Waals surface area contributed by atoms with E-state index in [9.17, 15) is 4.79 Å². The molecule has 0 unspecified atom stereocenters. The van der Waals surface area contributed by atoms with E-state index in [0.29, 0.717) is 13.2 Å². The van der Waals surface area contributed by atoms with Gasteiger partial charge in [-0.1, -0.05) is 60.7 Å². The standard InChI is InChI=1S/C23H31N3O2/c1-19(23(27)24-13-18-28-2)25-14-16-26(17-15-25)22(20-9-5-3-6-10-20)21-11-7-4-8-12-21/h3-12,19,22H,13-18H2,1-2H3,(H,24,27)/t19-/m0/s1. The highest BCUT2D eigenvalue weighted by molar-refractivity contribution is 5.81. The third kappa shape index (κ3) is 5.19. The number of nitrogens with one attached hydrogen (secondary N) is 1. The van der Waals surface area contributed by atoms with Crippen molar-refractivity contribution in [2.75, 3.05) is 46.4 Å². The summed E-state index contributed by atoms with van der Waals surface area (Å²) in [6, 6.07) is 21.5. The van der Waals surface area contributed by atoms with Crippen LogP contribution in [0.1, 0.15) is 24.1 Å². The number of carbonyl (C=O) groups excluding carboxylic acids is 1. The maximum atomic E-state index is 12.4. The minimum absolute atomic E-state index is 0.0770. The van der Waals surface area contributed by atoms with Crippen LogP contribution in [0.5, 0.6) is 0 Å². The minimum Gasteiger partial charge on any atom is -0.383 e. The number of ether oxygens (including phenoxy) is 1. The lowest BCUT2D eigenvalue weighted by atomic mass is 9.96. The summed E-state index contributed by atoms with van der Waals surface area (Å²) in [6.07, 6.45) is 0. The third-order valence-electron chi connectivity index (χ3n) is 5.48. The van der Waals surface area contributed by atoms with Gasteiger partial charge in [-0.15, -0.1) is 0 Å². The highest BCUT2D eigenvalue weighted by Gasteiger charge is 2.29. The van der Waals surface area contributed by atoms with Crippen molar-refractivity contribution < 1.29 is 9.53 Å². The third-order valence-corrected chi connectivity index (χ3v) is 5.48. The van der Waals surface area contributed by atoms with E-state index >= 15 is 0 Å². The number of amides is 1. The van der Waals surface area contributed by atoms with Gasteiger partial charge in [0, 0.05) is 39.8 Å². The van der Waals surface area contributed by atoms with Crippen molar-refractivity contribution in [1.29, 1.82) is 0 Å². The molecule has 1 aliphatic heterocycles. The first-order valence-corrected chi connectivity index (χ1v) is 10.1. The number of hydrogen-bond donors (Lipinski definition) is 1. The molecule has 0 bridgehead atoms. The van der Waals surface area contributed by atoms with E-state index in [2.05, 4.69) is 75.8 Å². The molecule has 1 amide bonds. The molecule has 0 aromatic heterocycles. The first-order chi connectivity index (χ1) is 13.7. The number of piperazine rings is 1. The molecule has 1 fully saturated rings. The van der Waals surface area contributed by atoms with Gasteiger partial charge in [0.25, 0.3) is 0 Å². The smallest absolute Gasteiger partial charge is 0.237 e. The Bertz CT molecular complexity index is 676. The Balaban J connectivity index is 1.65. The molecule has 1 heterocycles. The predicted molar refractivity (Wildman–Crippen MR) is 112 cm³/mol. The molecule has 0 aliphatic carbocycles. The minimum atomic E-state index is -0.120. The Hall–Kier alpha value is -2.21. The molecule has 3 rings (SSSR count). The topological polar surface area (TPSA) is 44.8 Å². The summed E-state index contributed by atoms with van der Waals surface area (Å²) in [6.45, 7) is 6.73. The molecular formula is C23H31N3O2. The maximum Gasteiger partial charge on any atom is 0.237 e. The monoisotopic (exact) mass is 381 g/mol. The van der Waals surface area contributed by atoms with Gasteiger partial charge in [0.05, 0.1) is 18.7 Å². The lowest BCUT2D eigenvalue weighted by Gasteiger charge is -2.41. The average Bonchev–Trinajstić information content (AvgIpc) is 2.75. The van der Waals surface area contributed by atoms with Gasteiger partial charge >= 0.3 is 0 Å². The average molecular weight is 382 g/mol. The van der Waals surface area contributed by atoms with E-state index in [1.165, 1.54) is 11.1 Å². The normalized spacial score (nSPS) is 16.8. The van der Waals surface area contributed by atoms with Crippen LogP contribution >= 0.6 is 0 Å². The van der Waals surface area contributed by atoms with Gasteiger partial charge in [-0.05, 0) is 18.1 Å². The Morgan fingerprint density at radius 1 is 0.929 bits per heavy atom. The molecule has 1 saturated heterocycles. The zero-order valence-electron chi connectivity index (χ0n) is 16.9. The number of hydrogen-bond acceptors (Lipinski definition) is 4. The first kappa shape index (κ1) is 20.5. The first-order valence-electron chi connectivity index (χ1n) is 10.1. The Morgan fingerprint density at radius 3 is 1.93 bits per heavy atom. The number of benzene rings is 2. The SMILES string of the molecule is COCCNC(=O)[C@H](C)N1CCN(C(c2ccccc2)c2ccccc2)CC1. The van der Waals surface area contributed by atoms with Crippen molar-refractivity contribution in [3.8, 4) is 0 Å². The molecule has 1 atom stereocenters. The summed E-state index contributed by atoms with van der Waals surface area (Å²) in [4.78, 5) is 17.1. The van der Waals surface area contributed by atoms with Crippen molar-refractivity contribution in [3.63, 3.8) is 0 Å². The van der Waals surface area contributed by atoms with Crippen LogP contribution in [0.25, 0.3) is 0 Å². The Kier molecular flexibility index (Phi) is 7.60. The highest BCUT2D eigenvalue weighted by Crippen LogP contribution is 2.29. The van der Waals surface area contributed by atoms with E-state index < -0.39 is 0 Å².